The fourth-order valence-corrected chi connectivity index (χ4v) is 2.01. The minimum atomic E-state index is -0.0128. The lowest BCUT2D eigenvalue weighted by molar-refractivity contribution is 0.241. The molecule has 0 aliphatic heterocycles. The van der Waals surface area contributed by atoms with E-state index in [-0.39, 0.29) is 5.24 Å². The van der Waals surface area contributed by atoms with E-state index in [0.717, 1.165) is 22.2 Å². The maximum Gasteiger partial charge on any atom is 0.285 e. The summed E-state index contributed by atoms with van der Waals surface area (Å²) in [5, 5.41) is 0.617. The molecule has 2 nitrogen and oxygen atoms in total. The van der Waals surface area contributed by atoms with Gasteiger partial charge in [0.25, 0.3) is 5.24 Å². The molecule has 0 atom stereocenters. The molecule has 0 fully saturated rings. The highest BCUT2D eigenvalue weighted by Gasteiger charge is 2.11. The fraction of sp³-hybridized carbons (Fsp3) is 0.300. The molecule has 14 heavy (non-hydrogen) atoms. The van der Waals surface area contributed by atoms with Crippen LogP contribution in [0.25, 0.3) is 0 Å². The number of carbonyl (C=O) groups is 1. The molecule has 0 N–H and O–H groups in total. The van der Waals surface area contributed by atoms with Crippen LogP contribution in [0, 0.1) is 6.92 Å². The lowest BCUT2D eigenvalue weighted by Gasteiger charge is -2.11. The molecule has 0 saturated carbocycles. The summed E-state index contributed by atoms with van der Waals surface area (Å²) in [4.78, 5) is 13.8. The first-order valence-corrected chi connectivity index (χ1v) is 5.36. The van der Waals surface area contributed by atoms with Crippen LogP contribution < -0.4 is 0 Å². The monoisotopic (exact) mass is 229 g/mol. The summed E-state index contributed by atoms with van der Waals surface area (Å²) >= 11 is 7.15. The topological polar surface area (TPSA) is 20.3 Å². The molecular formula is C10H12ClNOS. The van der Waals surface area contributed by atoms with Crippen molar-refractivity contribution in [1.82, 2.24) is 4.90 Å². The number of benzene rings is 1. The number of nitrogens with zero attached hydrogens (tertiary/aromatic N) is 1. The Morgan fingerprint density at radius 2 is 2.07 bits per heavy atom. The second-order valence-corrected chi connectivity index (χ2v) is 4.52. The zero-order valence-electron chi connectivity index (χ0n) is 8.37. The summed E-state index contributed by atoms with van der Waals surface area (Å²) in [6.45, 7) is 1.94. The van der Waals surface area contributed by atoms with Crippen LogP contribution in [-0.2, 0) is 0 Å². The first kappa shape index (κ1) is 11.4. The van der Waals surface area contributed by atoms with Crippen molar-refractivity contribution in [3.63, 3.8) is 0 Å². The Kier molecular flexibility index (Phi) is 3.84. The van der Waals surface area contributed by atoms with Crippen molar-refractivity contribution in [2.24, 2.45) is 0 Å². The Morgan fingerprint density at radius 1 is 1.43 bits per heavy atom. The van der Waals surface area contributed by atoms with Crippen LogP contribution in [0.1, 0.15) is 5.56 Å². The van der Waals surface area contributed by atoms with Gasteiger partial charge in [-0.1, -0.05) is 23.7 Å². The Bertz CT molecular complexity index is 332. The van der Waals surface area contributed by atoms with Crippen LogP contribution in [0.4, 0.5) is 4.79 Å². The van der Waals surface area contributed by atoms with Gasteiger partial charge in [-0.3, -0.25) is 4.79 Å². The molecule has 0 heterocycles. The van der Waals surface area contributed by atoms with Crippen molar-refractivity contribution < 1.29 is 4.79 Å². The number of aryl methyl sites for hydroxylation is 1. The van der Waals surface area contributed by atoms with E-state index in [1.807, 2.05) is 19.1 Å². The summed E-state index contributed by atoms with van der Waals surface area (Å²) in [5.41, 5.74) is 1.03. The van der Waals surface area contributed by atoms with Crippen LogP contribution >= 0.6 is 23.4 Å². The molecule has 1 rings (SSSR count). The van der Waals surface area contributed by atoms with E-state index >= 15 is 0 Å². The third-order valence-electron chi connectivity index (χ3n) is 1.72. The van der Waals surface area contributed by atoms with E-state index in [4.69, 9.17) is 11.6 Å². The van der Waals surface area contributed by atoms with Crippen LogP contribution in [0.2, 0.25) is 5.02 Å². The number of halogens is 1. The Hall–Kier alpha value is -0.670. The maximum atomic E-state index is 11.4. The first-order chi connectivity index (χ1) is 6.52. The van der Waals surface area contributed by atoms with E-state index in [1.54, 1.807) is 20.2 Å². The summed E-state index contributed by atoms with van der Waals surface area (Å²) in [5.74, 6) is 0. The number of amides is 1. The minimum absolute atomic E-state index is 0.0128. The Labute approximate surface area is 93.2 Å². The molecule has 1 aromatic carbocycles. The van der Waals surface area contributed by atoms with Gasteiger partial charge in [0.1, 0.15) is 0 Å². The second kappa shape index (κ2) is 4.71. The van der Waals surface area contributed by atoms with E-state index in [0.29, 0.717) is 5.02 Å². The highest BCUT2D eigenvalue weighted by atomic mass is 35.5. The van der Waals surface area contributed by atoms with Crippen LogP contribution in [0.5, 0.6) is 0 Å². The third-order valence-corrected chi connectivity index (χ3v) is 3.43. The van der Waals surface area contributed by atoms with Gasteiger partial charge >= 0.3 is 0 Å². The summed E-state index contributed by atoms with van der Waals surface area (Å²) in [7, 11) is 3.45. The number of rotatable bonds is 1. The van der Waals surface area contributed by atoms with E-state index in [9.17, 15) is 4.79 Å². The minimum Gasteiger partial charge on any atom is -0.339 e. The van der Waals surface area contributed by atoms with Crippen LogP contribution in [0.15, 0.2) is 23.1 Å². The number of thioether (sulfide) groups is 1. The zero-order chi connectivity index (χ0) is 10.7. The Morgan fingerprint density at radius 3 is 2.57 bits per heavy atom. The fourth-order valence-electron chi connectivity index (χ4n) is 0.925. The van der Waals surface area contributed by atoms with Gasteiger partial charge in [0, 0.05) is 19.0 Å². The average Bonchev–Trinajstić information content (AvgIpc) is 2.11. The molecule has 0 radical (unpaired) electrons. The van der Waals surface area contributed by atoms with Crippen LogP contribution in [0.3, 0.4) is 0 Å². The normalized spacial score (nSPS) is 10.0. The van der Waals surface area contributed by atoms with Crippen molar-refractivity contribution in [1.29, 1.82) is 0 Å². The smallest absolute Gasteiger partial charge is 0.285 e. The number of hydrogen-bond donors (Lipinski definition) is 0. The van der Waals surface area contributed by atoms with Crippen molar-refractivity contribution >= 4 is 28.6 Å². The van der Waals surface area contributed by atoms with Gasteiger partial charge in [0.15, 0.2) is 0 Å². The lowest BCUT2D eigenvalue weighted by Crippen LogP contribution is -2.16. The zero-order valence-corrected chi connectivity index (χ0v) is 9.95. The Balaban J connectivity index is 2.91. The standard InChI is InChI=1S/C10H12ClNOS/c1-7-5-4-6-8(11)9(7)14-10(13)12(2)3/h4-6H,1-3H3. The van der Waals surface area contributed by atoms with Crippen LogP contribution in [-0.4, -0.2) is 24.2 Å². The molecule has 1 aromatic rings. The number of hydrogen-bond acceptors (Lipinski definition) is 2. The van der Waals surface area contributed by atoms with Gasteiger partial charge in [-0.05, 0) is 30.3 Å². The van der Waals surface area contributed by atoms with E-state index < -0.39 is 0 Å². The molecule has 0 bridgehead atoms. The molecule has 0 saturated heterocycles. The van der Waals surface area contributed by atoms with Gasteiger partial charge in [0.05, 0.1) is 5.02 Å². The SMILES string of the molecule is Cc1cccc(Cl)c1SC(=O)N(C)C. The molecular weight excluding hydrogens is 218 g/mol. The van der Waals surface area contributed by atoms with Gasteiger partial charge in [-0.15, -0.1) is 0 Å². The summed E-state index contributed by atoms with van der Waals surface area (Å²) in [6, 6.07) is 5.61. The number of carbonyl (C=O) groups excluding carboxylic acids is 1. The highest BCUT2D eigenvalue weighted by Crippen LogP contribution is 2.31. The first-order valence-electron chi connectivity index (χ1n) is 4.16. The molecule has 4 heteroatoms. The van der Waals surface area contributed by atoms with Gasteiger partial charge in [-0.25, -0.2) is 0 Å². The average molecular weight is 230 g/mol. The molecule has 0 aliphatic rings. The van der Waals surface area contributed by atoms with Crippen molar-refractivity contribution in [3.05, 3.63) is 28.8 Å². The van der Waals surface area contributed by atoms with E-state index in [2.05, 4.69) is 0 Å². The molecule has 0 spiro atoms. The van der Waals surface area contributed by atoms with Crippen molar-refractivity contribution in [2.75, 3.05) is 14.1 Å². The maximum absolute atomic E-state index is 11.4. The van der Waals surface area contributed by atoms with Gasteiger partial charge < -0.3 is 4.90 Å². The van der Waals surface area contributed by atoms with Crippen molar-refractivity contribution in [2.45, 2.75) is 11.8 Å². The van der Waals surface area contributed by atoms with E-state index in [1.165, 1.54) is 4.90 Å². The van der Waals surface area contributed by atoms with Crippen molar-refractivity contribution in [3.8, 4) is 0 Å². The predicted octanol–water partition coefficient (Wildman–Crippen LogP) is 3.42. The van der Waals surface area contributed by atoms with Gasteiger partial charge in [0.2, 0.25) is 0 Å². The highest BCUT2D eigenvalue weighted by molar-refractivity contribution is 8.13. The largest absolute Gasteiger partial charge is 0.339 e. The second-order valence-electron chi connectivity index (χ2n) is 3.15. The molecule has 0 aliphatic carbocycles. The molecule has 1 amide bonds. The lowest BCUT2D eigenvalue weighted by atomic mass is 10.2. The molecule has 76 valence electrons. The summed E-state index contributed by atoms with van der Waals surface area (Å²) in [6.07, 6.45) is 0. The quantitative estimate of drug-likeness (QED) is 0.688. The summed E-state index contributed by atoms with van der Waals surface area (Å²) < 4.78 is 0. The predicted molar refractivity (Wildman–Crippen MR) is 61.1 cm³/mol. The molecule has 0 unspecified atom stereocenters. The van der Waals surface area contributed by atoms with Gasteiger partial charge in [-0.2, -0.15) is 0 Å². The molecule has 0 aromatic heterocycles. The third kappa shape index (κ3) is 2.66.